The monoisotopic (exact) mass is 533 g/mol. The van der Waals surface area contributed by atoms with Gasteiger partial charge in [0.15, 0.2) is 17.2 Å². The maximum atomic E-state index is 12.8. The average molecular weight is 534 g/mol. The zero-order valence-corrected chi connectivity index (χ0v) is 20.7. The zero-order chi connectivity index (χ0) is 26.9. The van der Waals surface area contributed by atoms with Gasteiger partial charge < -0.3 is 15.3 Å². The normalized spacial score (nSPS) is 15.4. The number of pyridine rings is 1. The summed E-state index contributed by atoms with van der Waals surface area (Å²) in [4.78, 5) is 27.9. The van der Waals surface area contributed by atoms with Gasteiger partial charge in [-0.05, 0) is 37.6 Å². The van der Waals surface area contributed by atoms with Crippen molar-refractivity contribution in [3.63, 3.8) is 0 Å². The second-order valence-electron chi connectivity index (χ2n) is 8.81. The Morgan fingerprint density at radius 1 is 1.22 bits per heavy atom. The highest BCUT2D eigenvalue weighted by atomic mass is 35.5. The Bertz CT molecular complexity index is 1390. The molecular formula is C24H23ClF3N7O2. The van der Waals surface area contributed by atoms with Gasteiger partial charge in [-0.3, -0.25) is 4.90 Å². The molecule has 1 aliphatic heterocycles. The number of aryl methyl sites for hydroxylation is 1. The van der Waals surface area contributed by atoms with Crippen LogP contribution in [0.25, 0.3) is 11.0 Å². The molecule has 2 N–H and O–H groups in total. The lowest BCUT2D eigenvalue weighted by Gasteiger charge is -2.35. The summed E-state index contributed by atoms with van der Waals surface area (Å²) in [5, 5.41) is 22.5. The van der Waals surface area contributed by atoms with E-state index in [1.165, 1.54) is 17.0 Å². The molecule has 0 bridgehead atoms. The molecule has 1 aliphatic rings. The lowest BCUT2D eigenvalue weighted by molar-refractivity contribution is -0.146. The standard InChI is InChI=1S/C24H23ClF3N7O2/c1-13-9-15(14(2)30-16-3-4-19(25)32-21(16)23(36)37)20-17(10-13)31-18(11-29)22(33-20)35-7-5-34(6-8-35)12-24(26,27)28/h3-4,9-10,14,30H,5-8,12H2,1-2H3,(H,36,37)/t14-/m1/s1. The lowest BCUT2D eigenvalue weighted by Crippen LogP contribution is -2.49. The van der Waals surface area contributed by atoms with Crippen LogP contribution in [-0.4, -0.2) is 69.8 Å². The number of hydrogen-bond donors (Lipinski definition) is 2. The molecule has 2 aromatic heterocycles. The number of carboxylic acids is 1. The van der Waals surface area contributed by atoms with Gasteiger partial charge in [0.2, 0.25) is 0 Å². The summed E-state index contributed by atoms with van der Waals surface area (Å²) >= 11 is 5.86. The van der Waals surface area contributed by atoms with Gasteiger partial charge in [0.1, 0.15) is 11.2 Å². The van der Waals surface area contributed by atoms with E-state index >= 15 is 0 Å². The van der Waals surface area contributed by atoms with Crippen molar-refractivity contribution in [3.8, 4) is 6.07 Å². The molecule has 4 rings (SSSR count). The van der Waals surface area contributed by atoms with Crippen LogP contribution >= 0.6 is 11.6 Å². The fourth-order valence-electron chi connectivity index (χ4n) is 4.35. The molecule has 9 nitrogen and oxygen atoms in total. The van der Waals surface area contributed by atoms with E-state index in [1.807, 2.05) is 19.9 Å². The molecule has 0 spiro atoms. The Balaban J connectivity index is 1.69. The fraction of sp³-hybridized carbons (Fsp3) is 0.375. The fourth-order valence-corrected chi connectivity index (χ4v) is 4.49. The van der Waals surface area contributed by atoms with Gasteiger partial charge in [-0.25, -0.2) is 19.7 Å². The van der Waals surface area contributed by atoms with Crippen molar-refractivity contribution in [3.05, 3.63) is 51.9 Å². The molecule has 37 heavy (non-hydrogen) atoms. The predicted molar refractivity (Wildman–Crippen MR) is 132 cm³/mol. The van der Waals surface area contributed by atoms with Gasteiger partial charge >= 0.3 is 12.1 Å². The van der Waals surface area contributed by atoms with Crippen molar-refractivity contribution >= 4 is 40.1 Å². The first kappa shape index (κ1) is 26.4. The Morgan fingerprint density at radius 2 is 1.92 bits per heavy atom. The minimum Gasteiger partial charge on any atom is -0.476 e. The Labute approximate surface area is 215 Å². The molecule has 0 amide bonds. The van der Waals surface area contributed by atoms with E-state index in [2.05, 4.69) is 21.4 Å². The number of hydrogen-bond acceptors (Lipinski definition) is 8. The first-order valence-electron chi connectivity index (χ1n) is 11.4. The number of aromatic nitrogens is 3. The SMILES string of the molecule is Cc1cc([C@@H](C)Nc2ccc(Cl)nc2C(=O)O)c2nc(N3CCN(CC(F)(F)F)CC3)c(C#N)nc2c1. The molecule has 1 saturated heterocycles. The number of nitrogens with one attached hydrogen (secondary N) is 1. The summed E-state index contributed by atoms with van der Waals surface area (Å²) in [6.07, 6.45) is -4.28. The van der Waals surface area contributed by atoms with Gasteiger partial charge in [-0.1, -0.05) is 17.7 Å². The van der Waals surface area contributed by atoms with Crippen LogP contribution in [-0.2, 0) is 0 Å². The van der Waals surface area contributed by atoms with Crippen molar-refractivity contribution in [1.82, 2.24) is 19.9 Å². The van der Waals surface area contributed by atoms with E-state index in [1.54, 1.807) is 11.0 Å². The number of carboxylic acid groups (broad SMARTS) is 1. The van der Waals surface area contributed by atoms with Gasteiger partial charge in [-0.2, -0.15) is 18.4 Å². The van der Waals surface area contributed by atoms with Gasteiger partial charge in [0, 0.05) is 31.7 Å². The number of anilines is 2. The molecule has 0 radical (unpaired) electrons. The van der Waals surface area contributed by atoms with E-state index < -0.39 is 24.7 Å². The smallest absolute Gasteiger partial charge is 0.401 e. The number of nitrogens with zero attached hydrogens (tertiary/aromatic N) is 6. The zero-order valence-electron chi connectivity index (χ0n) is 20.0. The number of carbonyl (C=O) groups is 1. The predicted octanol–water partition coefficient (Wildman–Crippen LogP) is 4.41. The number of alkyl halides is 3. The number of fused-ring (bicyclic) bond motifs is 1. The molecule has 0 saturated carbocycles. The van der Waals surface area contributed by atoms with Crippen molar-refractivity contribution in [2.45, 2.75) is 26.1 Å². The quantitative estimate of drug-likeness (QED) is 0.444. The maximum Gasteiger partial charge on any atom is 0.401 e. The second kappa shape index (κ2) is 10.4. The molecule has 0 unspecified atom stereocenters. The third-order valence-electron chi connectivity index (χ3n) is 6.01. The molecule has 3 heterocycles. The largest absolute Gasteiger partial charge is 0.476 e. The van der Waals surface area contributed by atoms with Gasteiger partial charge in [0.05, 0.1) is 29.3 Å². The first-order chi connectivity index (χ1) is 17.4. The molecular weight excluding hydrogens is 511 g/mol. The molecule has 194 valence electrons. The number of piperazine rings is 1. The van der Waals surface area contributed by atoms with E-state index in [0.717, 1.165) is 5.56 Å². The third-order valence-corrected chi connectivity index (χ3v) is 6.22. The van der Waals surface area contributed by atoms with Crippen LogP contribution in [0.4, 0.5) is 24.7 Å². The molecule has 3 aromatic rings. The van der Waals surface area contributed by atoms with Crippen LogP contribution in [0.1, 0.15) is 40.3 Å². The van der Waals surface area contributed by atoms with Gasteiger partial charge in [0.25, 0.3) is 0 Å². The van der Waals surface area contributed by atoms with E-state index in [0.29, 0.717) is 22.4 Å². The van der Waals surface area contributed by atoms with Crippen molar-refractivity contribution in [2.24, 2.45) is 0 Å². The second-order valence-corrected chi connectivity index (χ2v) is 9.20. The van der Waals surface area contributed by atoms with E-state index in [9.17, 15) is 28.3 Å². The molecule has 0 aliphatic carbocycles. The topological polar surface area (TPSA) is 118 Å². The highest BCUT2D eigenvalue weighted by molar-refractivity contribution is 6.29. The highest BCUT2D eigenvalue weighted by Gasteiger charge is 2.33. The van der Waals surface area contributed by atoms with E-state index in [4.69, 9.17) is 16.6 Å². The van der Waals surface area contributed by atoms with Crippen molar-refractivity contribution in [1.29, 1.82) is 5.26 Å². The number of nitriles is 1. The minimum absolute atomic E-state index is 0.0477. The summed E-state index contributed by atoms with van der Waals surface area (Å²) in [6.45, 7) is 3.57. The molecule has 1 atom stereocenters. The number of benzene rings is 1. The molecule has 1 aromatic carbocycles. The Morgan fingerprint density at radius 3 is 2.54 bits per heavy atom. The van der Waals surface area contributed by atoms with Gasteiger partial charge in [-0.15, -0.1) is 0 Å². The summed E-state index contributed by atoms with van der Waals surface area (Å²) in [5.74, 6) is -0.935. The first-order valence-corrected chi connectivity index (χ1v) is 11.8. The van der Waals surface area contributed by atoms with Crippen LogP contribution in [0, 0.1) is 18.3 Å². The molecule has 13 heteroatoms. The highest BCUT2D eigenvalue weighted by Crippen LogP contribution is 2.31. The third kappa shape index (κ3) is 6.00. The maximum absolute atomic E-state index is 12.8. The van der Waals surface area contributed by atoms with Crippen LogP contribution in [0.15, 0.2) is 24.3 Å². The van der Waals surface area contributed by atoms with Crippen molar-refractivity contribution < 1.29 is 23.1 Å². The summed E-state index contributed by atoms with van der Waals surface area (Å²) < 4.78 is 38.3. The summed E-state index contributed by atoms with van der Waals surface area (Å²) in [7, 11) is 0. The van der Waals surface area contributed by atoms with Crippen LogP contribution in [0.2, 0.25) is 5.15 Å². The Kier molecular flexibility index (Phi) is 7.38. The van der Waals surface area contributed by atoms with E-state index in [-0.39, 0.29) is 48.4 Å². The summed E-state index contributed by atoms with van der Waals surface area (Å²) in [6, 6.07) is 8.29. The Hall–Kier alpha value is -3.69. The minimum atomic E-state index is -4.28. The van der Waals surface area contributed by atoms with Crippen LogP contribution < -0.4 is 10.2 Å². The average Bonchev–Trinajstić information content (AvgIpc) is 2.83. The lowest BCUT2D eigenvalue weighted by atomic mass is 10.0. The van der Waals surface area contributed by atoms with Crippen LogP contribution in [0.5, 0.6) is 0 Å². The summed E-state index contributed by atoms with van der Waals surface area (Å²) in [5.41, 5.74) is 2.66. The number of rotatable bonds is 6. The van der Waals surface area contributed by atoms with Crippen LogP contribution in [0.3, 0.4) is 0 Å². The number of halogens is 4. The number of aromatic carboxylic acids is 1. The molecule has 1 fully saturated rings. The van der Waals surface area contributed by atoms with Crippen molar-refractivity contribution in [2.75, 3.05) is 42.9 Å².